The number of hydrogen-bond acceptors (Lipinski definition) is 7. The van der Waals surface area contributed by atoms with Gasteiger partial charge in [0.1, 0.15) is 4.53 Å². The summed E-state index contributed by atoms with van der Waals surface area (Å²) in [4.78, 5) is 49.7. The average molecular weight is 596 g/mol. The summed E-state index contributed by atoms with van der Waals surface area (Å²) in [5.41, 5.74) is 4.01. The third-order valence-electron chi connectivity index (χ3n) is 7.33. The molecule has 1 aromatic heterocycles. The van der Waals surface area contributed by atoms with Crippen LogP contribution in [0.1, 0.15) is 43.5 Å². The minimum absolute atomic E-state index is 0.235. The maximum Gasteiger partial charge on any atom is 0.338 e. The van der Waals surface area contributed by atoms with Gasteiger partial charge in [-0.3, -0.25) is 14.2 Å². The van der Waals surface area contributed by atoms with E-state index in [-0.39, 0.29) is 17.6 Å². The topological polar surface area (TPSA) is 81.0 Å². The number of carbonyl (C=O) groups excluding carboxylic acids is 2. The number of hydrogen-bond donors (Lipinski definition) is 0. The highest BCUT2D eigenvalue weighted by Crippen LogP contribution is 2.37. The fourth-order valence-corrected chi connectivity index (χ4v) is 6.98. The third-order valence-corrected chi connectivity index (χ3v) is 9.12. The van der Waals surface area contributed by atoms with Crippen LogP contribution in [0.15, 0.2) is 105 Å². The Hall–Kier alpha value is -4.21. The lowest BCUT2D eigenvalue weighted by atomic mass is 9.96. The van der Waals surface area contributed by atoms with E-state index in [0.717, 1.165) is 21.7 Å². The summed E-state index contributed by atoms with van der Waals surface area (Å²) in [5, 5.41) is 0. The van der Waals surface area contributed by atoms with Gasteiger partial charge >= 0.3 is 5.97 Å². The molecule has 0 N–H and O–H groups in total. The van der Waals surface area contributed by atoms with Crippen molar-refractivity contribution in [2.24, 2.45) is 4.99 Å². The van der Waals surface area contributed by atoms with Crippen molar-refractivity contribution >= 4 is 46.2 Å². The number of esters is 1. The number of ether oxygens (including phenoxy) is 1. The fraction of sp³-hybridized carbons (Fsp3) is 0.212. The van der Waals surface area contributed by atoms with E-state index in [1.165, 1.54) is 11.3 Å². The van der Waals surface area contributed by atoms with Gasteiger partial charge in [0.05, 0.1) is 41.2 Å². The SMILES string of the molecule is CSc1ccc([C@@H]2C(C(=O)OC(C)C)=C(C)N=c3s/c(=C4/C(=O)N(Cc5ccccc5)c5ccccc54)c(=O)n32)cc1. The van der Waals surface area contributed by atoms with Crippen molar-refractivity contribution in [2.75, 3.05) is 11.2 Å². The quantitative estimate of drug-likeness (QED) is 0.236. The second kappa shape index (κ2) is 11.2. The van der Waals surface area contributed by atoms with Gasteiger partial charge in [-0.2, -0.15) is 0 Å². The molecule has 2 aliphatic heterocycles. The van der Waals surface area contributed by atoms with Crippen LogP contribution in [0.2, 0.25) is 0 Å². The number of aromatic nitrogens is 1. The number of amides is 1. The van der Waals surface area contributed by atoms with E-state index in [4.69, 9.17) is 9.73 Å². The molecule has 0 saturated carbocycles. The molecule has 9 heteroatoms. The Morgan fingerprint density at radius 2 is 1.69 bits per heavy atom. The first-order chi connectivity index (χ1) is 20.3. The molecule has 212 valence electrons. The van der Waals surface area contributed by atoms with Crippen molar-refractivity contribution in [1.29, 1.82) is 0 Å². The molecular weight excluding hydrogens is 567 g/mol. The predicted molar refractivity (Wildman–Crippen MR) is 166 cm³/mol. The van der Waals surface area contributed by atoms with Crippen LogP contribution in [0.25, 0.3) is 5.57 Å². The van der Waals surface area contributed by atoms with E-state index in [1.807, 2.05) is 85.1 Å². The third kappa shape index (κ3) is 4.82. The smallest absolute Gasteiger partial charge is 0.338 e. The Morgan fingerprint density at radius 1 is 1.00 bits per heavy atom. The van der Waals surface area contributed by atoms with Gasteiger partial charge in [-0.25, -0.2) is 9.79 Å². The van der Waals surface area contributed by atoms with Gasteiger partial charge in [0, 0.05) is 10.5 Å². The summed E-state index contributed by atoms with van der Waals surface area (Å²) in [6, 6.07) is 24.4. The monoisotopic (exact) mass is 595 g/mol. The van der Waals surface area contributed by atoms with E-state index in [1.54, 1.807) is 42.0 Å². The van der Waals surface area contributed by atoms with E-state index in [9.17, 15) is 14.4 Å². The average Bonchev–Trinajstić information content (AvgIpc) is 3.44. The van der Waals surface area contributed by atoms with Crippen molar-refractivity contribution in [3.05, 3.63) is 127 Å². The van der Waals surface area contributed by atoms with Gasteiger partial charge < -0.3 is 9.64 Å². The van der Waals surface area contributed by atoms with Crippen molar-refractivity contribution in [2.45, 2.75) is 44.4 Å². The number of benzene rings is 3. The zero-order valence-electron chi connectivity index (χ0n) is 23.7. The molecule has 3 heterocycles. The molecule has 2 aliphatic rings. The van der Waals surface area contributed by atoms with Gasteiger partial charge in [-0.05, 0) is 56.4 Å². The first-order valence-corrected chi connectivity index (χ1v) is 15.7. The zero-order valence-corrected chi connectivity index (χ0v) is 25.3. The Bertz CT molecular complexity index is 1920. The van der Waals surface area contributed by atoms with Crippen molar-refractivity contribution in [1.82, 2.24) is 4.57 Å². The molecule has 0 bridgehead atoms. The van der Waals surface area contributed by atoms with Crippen molar-refractivity contribution in [3.63, 3.8) is 0 Å². The number of anilines is 1. The predicted octanol–water partition coefficient (Wildman–Crippen LogP) is 4.83. The maximum absolute atomic E-state index is 14.4. The molecule has 42 heavy (non-hydrogen) atoms. The molecule has 0 saturated heterocycles. The lowest BCUT2D eigenvalue weighted by Crippen LogP contribution is -2.41. The minimum Gasteiger partial charge on any atom is -0.459 e. The van der Waals surface area contributed by atoms with Gasteiger partial charge in [0.2, 0.25) is 0 Å². The second-order valence-corrected chi connectivity index (χ2v) is 12.3. The van der Waals surface area contributed by atoms with Crippen LogP contribution in [0, 0.1) is 0 Å². The lowest BCUT2D eigenvalue weighted by Gasteiger charge is -2.25. The standard InChI is InChI=1S/C33H29N3O4S2/c1-19(2)40-32(39)26-20(3)34-33-36(28(26)22-14-16-23(41-4)17-15-22)31(38)29(42-33)27-24-12-8-9-13-25(24)35(30(27)37)18-21-10-6-5-7-11-21/h5-17,19,28H,18H2,1-4H3/b29-27+/t28-/m1/s1. The first-order valence-electron chi connectivity index (χ1n) is 13.6. The zero-order chi connectivity index (χ0) is 29.5. The summed E-state index contributed by atoms with van der Waals surface area (Å²) < 4.78 is 7.46. The van der Waals surface area contributed by atoms with Crippen molar-refractivity contribution < 1.29 is 14.3 Å². The highest BCUT2D eigenvalue weighted by Gasteiger charge is 2.37. The second-order valence-electron chi connectivity index (χ2n) is 10.4. The van der Waals surface area contributed by atoms with Crippen LogP contribution in [0.5, 0.6) is 0 Å². The number of allylic oxidation sites excluding steroid dienone is 1. The molecular formula is C33H29N3O4S2. The number of para-hydroxylation sites is 1. The molecule has 1 amide bonds. The van der Waals surface area contributed by atoms with Crippen LogP contribution < -0.4 is 19.8 Å². The molecule has 0 unspecified atom stereocenters. The molecule has 4 aromatic rings. The number of thioether (sulfide) groups is 1. The molecule has 0 fully saturated rings. The first kappa shape index (κ1) is 27.9. The van der Waals surface area contributed by atoms with Crippen molar-refractivity contribution in [3.8, 4) is 0 Å². The summed E-state index contributed by atoms with van der Waals surface area (Å²) in [5.74, 6) is -0.749. The summed E-state index contributed by atoms with van der Waals surface area (Å²) >= 11 is 2.79. The van der Waals surface area contributed by atoms with Crippen LogP contribution in [0.4, 0.5) is 5.69 Å². The maximum atomic E-state index is 14.4. The van der Waals surface area contributed by atoms with Crippen LogP contribution >= 0.6 is 23.1 Å². The van der Waals surface area contributed by atoms with Gasteiger partial charge in [-0.15, -0.1) is 11.8 Å². The minimum atomic E-state index is -0.745. The van der Waals surface area contributed by atoms with Gasteiger partial charge in [0.25, 0.3) is 11.5 Å². The highest BCUT2D eigenvalue weighted by atomic mass is 32.2. The van der Waals surface area contributed by atoms with Crippen LogP contribution in [-0.4, -0.2) is 28.8 Å². The van der Waals surface area contributed by atoms with Gasteiger partial charge in [-0.1, -0.05) is 72.0 Å². The fourth-order valence-electron chi connectivity index (χ4n) is 5.43. The van der Waals surface area contributed by atoms with Crippen LogP contribution in [0.3, 0.4) is 0 Å². The van der Waals surface area contributed by atoms with E-state index in [2.05, 4.69) is 0 Å². The summed E-state index contributed by atoms with van der Waals surface area (Å²) in [6.45, 7) is 5.72. The van der Waals surface area contributed by atoms with E-state index < -0.39 is 12.0 Å². The lowest BCUT2D eigenvalue weighted by molar-refractivity contribution is -0.143. The molecule has 0 radical (unpaired) electrons. The largest absolute Gasteiger partial charge is 0.459 e. The Labute approximate surface area is 251 Å². The Kier molecular flexibility index (Phi) is 7.47. The van der Waals surface area contributed by atoms with E-state index >= 15 is 0 Å². The number of nitrogens with zero attached hydrogens (tertiary/aromatic N) is 3. The molecule has 1 atom stereocenters. The van der Waals surface area contributed by atoms with Gasteiger partial charge in [0.15, 0.2) is 4.80 Å². The highest BCUT2D eigenvalue weighted by molar-refractivity contribution is 7.98. The van der Waals surface area contributed by atoms with Crippen LogP contribution in [-0.2, 0) is 20.9 Å². The number of thiazole rings is 1. The normalized spacial score (nSPS) is 17.3. The summed E-state index contributed by atoms with van der Waals surface area (Å²) in [6.07, 6.45) is 1.65. The van der Waals surface area contributed by atoms with E-state index in [0.29, 0.717) is 38.3 Å². The molecule has 6 rings (SSSR count). The number of fused-ring (bicyclic) bond motifs is 2. The number of rotatable bonds is 6. The molecule has 3 aromatic carbocycles. The Morgan fingerprint density at radius 3 is 2.38 bits per heavy atom. The molecule has 7 nitrogen and oxygen atoms in total. The number of carbonyl (C=O) groups is 2. The molecule has 0 aliphatic carbocycles. The molecule has 0 spiro atoms. The summed E-state index contributed by atoms with van der Waals surface area (Å²) in [7, 11) is 0. The Balaban J connectivity index is 1.57.